The summed E-state index contributed by atoms with van der Waals surface area (Å²) in [5.41, 5.74) is 1.45. The third kappa shape index (κ3) is 2.40. The number of esters is 1. The second-order valence-electron chi connectivity index (χ2n) is 4.55. The maximum absolute atomic E-state index is 11.7. The Kier molecular flexibility index (Phi) is 3.99. The second-order valence-corrected chi connectivity index (χ2v) is 4.55. The molecule has 0 unspecified atom stereocenters. The number of hydrogen-bond donors (Lipinski definition) is 1. The normalized spacial score (nSPS) is 17.0. The molecule has 0 atom stereocenters. The molecule has 1 aromatic carbocycles. The quantitative estimate of drug-likeness (QED) is 0.805. The average molecular weight is 250 g/mol. The van der Waals surface area contributed by atoms with Crippen molar-refractivity contribution in [3.05, 3.63) is 35.4 Å². The van der Waals surface area contributed by atoms with Gasteiger partial charge in [0.2, 0.25) is 0 Å². The van der Waals surface area contributed by atoms with Crippen LogP contribution in [0.3, 0.4) is 0 Å². The molecule has 4 nitrogen and oxygen atoms in total. The zero-order valence-corrected chi connectivity index (χ0v) is 10.5. The minimum atomic E-state index is -0.307. The zero-order chi connectivity index (χ0) is 13.0. The Hall–Kier alpha value is -1.39. The molecule has 0 spiro atoms. The number of ether oxygens (including phenoxy) is 2. The molecule has 1 heterocycles. The van der Waals surface area contributed by atoms with E-state index >= 15 is 0 Å². The van der Waals surface area contributed by atoms with Crippen LogP contribution in [-0.4, -0.2) is 37.5 Å². The van der Waals surface area contributed by atoms with Crippen LogP contribution < -0.4 is 0 Å². The average Bonchev–Trinajstić information content (AvgIpc) is 2.34. The number of carbonyl (C=O) groups is 1. The van der Waals surface area contributed by atoms with Gasteiger partial charge in [0.25, 0.3) is 0 Å². The molecule has 1 aliphatic rings. The van der Waals surface area contributed by atoms with E-state index in [-0.39, 0.29) is 18.0 Å². The molecule has 0 radical (unpaired) electrons. The van der Waals surface area contributed by atoms with E-state index in [1.807, 2.05) is 18.2 Å². The van der Waals surface area contributed by atoms with E-state index in [0.29, 0.717) is 31.8 Å². The fourth-order valence-corrected chi connectivity index (χ4v) is 2.21. The Balaban J connectivity index is 2.23. The molecule has 0 aromatic heterocycles. The first-order chi connectivity index (χ1) is 8.72. The summed E-state index contributed by atoms with van der Waals surface area (Å²) in [5, 5.41) is 9.14. The highest BCUT2D eigenvalue weighted by Crippen LogP contribution is 2.35. The van der Waals surface area contributed by atoms with Crippen LogP contribution in [0.2, 0.25) is 0 Å². The molecular weight excluding hydrogens is 232 g/mol. The molecule has 18 heavy (non-hydrogen) atoms. The lowest BCUT2D eigenvalue weighted by molar-refractivity contribution is -0.0701. The van der Waals surface area contributed by atoms with Crippen LogP contribution in [0.15, 0.2) is 24.3 Å². The van der Waals surface area contributed by atoms with Crippen molar-refractivity contribution < 1.29 is 19.4 Å². The van der Waals surface area contributed by atoms with Gasteiger partial charge in [0, 0.05) is 12.0 Å². The lowest BCUT2D eigenvalue weighted by atomic mass is 9.75. The molecule has 0 bridgehead atoms. The first-order valence-corrected chi connectivity index (χ1v) is 6.18. The molecule has 0 aliphatic carbocycles. The largest absolute Gasteiger partial charge is 0.462 e. The predicted octanol–water partition coefficient (Wildman–Crippen LogP) is 1.51. The van der Waals surface area contributed by atoms with E-state index in [4.69, 9.17) is 14.6 Å². The van der Waals surface area contributed by atoms with Crippen LogP contribution in [0.1, 0.15) is 29.3 Å². The zero-order valence-electron chi connectivity index (χ0n) is 10.5. The van der Waals surface area contributed by atoms with Crippen molar-refractivity contribution >= 4 is 5.97 Å². The Labute approximate surface area is 107 Å². The summed E-state index contributed by atoms with van der Waals surface area (Å²) in [6.45, 7) is 3.47. The molecule has 1 N–H and O–H groups in total. The third-order valence-electron chi connectivity index (χ3n) is 3.33. The van der Waals surface area contributed by atoms with Gasteiger partial charge in [-0.2, -0.15) is 0 Å². The van der Waals surface area contributed by atoms with Gasteiger partial charge in [0.15, 0.2) is 0 Å². The third-order valence-corrected chi connectivity index (χ3v) is 3.33. The number of aliphatic hydroxyl groups is 1. The summed E-state index contributed by atoms with van der Waals surface area (Å²) in [4.78, 5) is 11.7. The number of carbonyl (C=O) groups excluding carboxylic acids is 1. The van der Waals surface area contributed by atoms with Crippen LogP contribution in [0, 0.1) is 0 Å². The van der Waals surface area contributed by atoms with E-state index in [0.717, 1.165) is 5.56 Å². The van der Waals surface area contributed by atoms with Crippen molar-refractivity contribution in [2.24, 2.45) is 0 Å². The van der Waals surface area contributed by atoms with Crippen LogP contribution in [0.4, 0.5) is 0 Å². The van der Waals surface area contributed by atoms with Gasteiger partial charge in [-0.25, -0.2) is 4.79 Å². The maximum Gasteiger partial charge on any atom is 0.338 e. The Morgan fingerprint density at radius 3 is 2.83 bits per heavy atom. The molecular formula is C14H18O4. The van der Waals surface area contributed by atoms with Crippen molar-refractivity contribution in [1.82, 2.24) is 0 Å². The Morgan fingerprint density at radius 1 is 1.50 bits per heavy atom. The van der Waals surface area contributed by atoms with Crippen molar-refractivity contribution in [2.45, 2.75) is 18.8 Å². The smallest absolute Gasteiger partial charge is 0.338 e. The first-order valence-electron chi connectivity index (χ1n) is 6.18. The fourth-order valence-electron chi connectivity index (χ4n) is 2.21. The molecule has 2 rings (SSSR count). The number of hydrogen-bond acceptors (Lipinski definition) is 4. The molecule has 1 fully saturated rings. The lowest BCUT2D eigenvalue weighted by Crippen LogP contribution is -2.47. The minimum absolute atomic E-state index is 0.118. The Morgan fingerprint density at radius 2 is 2.28 bits per heavy atom. The van der Waals surface area contributed by atoms with Crippen LogP contribution in [0.5, 0.6) is 0 Å². The molecule has 1 saturated heterocycles. The molecule has 4 heteroatoms. The maximum atomic E-state index is 11.7. The number of benzene rings is 1. The van der Waals surface area contributed by atoms with Crippen molar-refractivity contribution in [3.63, 3.8) is 0 Å². The van der Waals surface area contributed by atoms with Crippen molar-refractivity contribution in [3.8, 4) is 0 Å². The van der Waals surface area contributed by atoms with E-state index in [1.165, 1.54) is 0 Å². The van der Waals surface area contributed by atoms with E-state index in [9.17, 15) is 4.79 Å². The van der Waals surface area contributed by atoms with Gasteiger partial charge < -0.3 is 14.6 Å². The lowest BCUT2D eigenvalue weighted by Gasteiger charge is -2.41. The molecule has 0 amide bonds. The van der Waals surface area contributed by atoms with Gasteiger partial charge in [-0.1, -0.05) is 12.1 Å². The summed E-state index contributed by atoms with van der Waals surface area (Å²) in [6.07, 6.45) is 0.652. The van der Waals surface area contributed by atoms with Gasteiger partial charge in [0.05, 0.1) is 25.4 Å². The van der Waals surface area contributed by atoms with Gasteiger partial charge in [-0.05, 0) is 31.0 Å². The highest BCUT2D eigenvalue weighted by atomic mass is 16.5. The van der Waals surface area contributed by atoms with Crippen LogP contribution in [-0.2, 0) is 14.9 Å². The van der Waals surface area contributed by atoms with Gasteiger partial charge in [-0.3, -0.25) is 0 Å². The molecule has 98 valence electrons. The highest BCUT2D eigenvalue weighted by Gasteiger charge is 2.39. The summed E-state index contributed by atoms with van der Waals surface area (Å²) in [7, 11) is 0. The Bertz CT molecular complexity index is 424. The number of aliphatic hydroxyl groups excluding tert-OH is 1. The monoisotopic (exact) mass is 250 g/mol. The van der Waals surface area contributed by atoms with Gasteiger partial charge in [0.1, 0.15) is 0 Å². The minimum Gasteiger partial charge on any atom is -0.462 e. The van der Waals surface area contributed by atoms with E-state index in [1.54, 1.807) is 13.0 Å². The van der Waals surface area contributed by atoms with Crippen molar-refractivity contribution in [2.75, 3.05) is 26.4 Å². The van der Waals surface area contributed by atoms with E-state index < -0.39 is 0 Å². The fraction of sp³-hybridized carbons (Fsp3) is 0.500. The van der Waals surface area contributed by atoms with Crippen LogP contribution >= 0.6 is 0 Å². The molecule has 0 saturated carbocycles. The predicted molar refractivity (Wildman–Crippen MR) is 66.6 cm³/mol. The highest BCUT2D eigenvalue weighted by molar-refractivity contribution is 5.89. The molecule has 1 aliphatic heterocycles. The first kappa shape index (κ1) is 13.1. The standard InChI is InChI=1S/C14H18O4/c1-2-18-13(16)11-4-3-5-12(8-11)14(6-7-15)9-17-10-14/h3-5,8,15H,2,6-7,9-10H2,1H3. The SMILES string of the molecule is CCOC(=O)c1cccc(C2(CCO)COC2)c1. The summed E-state index contributed by atoms with van der Waals surface area (Å²) >= 11 is 0. The van der Waals surface area contributed by atoms with E-state index in [2.05, 4.69) is 0 Å². The topological polar surface area (TPSA) is 55.8 Å². The summed E-state index contributed by atoms with van der Waals surface area (Å²) < 4.78 is 10.3. The van der Waals surface area contributed by atoms with Crippen LogP contribution in [0.25, 0.3) is 0 Å². The summed E-state index contributed by atoms with van der Waals surface area (Å²) in [5.74, 6) is -0.307. The molecule has 1 aromatic rings. The van der Waals surface area contributed by atoms with Crippen molar-refractivity contribution in [1.29, 1.82) is 0 Å². The number of rotatable bonds is 5. The summed E-state index contributed by atoms with van der Waals surface area (Å²) in [6, 6.07) is 7.41. The van der Waals surface area contributed by atoms with Gasteiger partial charge >= 0.3 is 5.97 Å². The second kappa shape index (κ2) is 5.50. The van der Waals surface area contributed by atoms with Gasteiger partial charge in [-0.15, -0.1) is 0 Å².